The van der Waals surface area contributed by atoms with Gasteiger partial charge in [-0.2, -0.15) is 5.21 Å². The molecule has 0 aliphatic heterocycles. The number of H-pyrrole nitrogens is 1. The second kappa shape index (κ2) is 5.77. The Morgan fingerprint density at radius 1 is 1.35 bits per heavy atom. The second-order valence-corrected chi connectivity index (χ2v) is 4.50. The van der Waals surface area contributed by atoms with Crippen LogP contribution in [0.2, 0.25) is 0 Å². The maximum atomic E-state index is 5.18. The molecule has 0 fully saturated rings. The molecule has 1 aromatic carbocycles. The molecule has 5 nitrogen and oxygen atoms in total. The highest BCUT2D eigenvalue weighted by atomic mass is 79.9. The van der Waals surface area contributed by atoms with E-state index in [1.165, 1.54) is 5.56 Å². The average Bonchev–Trinajstić information content (AvgIpc) is 2.82. The van der Waals surface area contributed by atoms with Crippen molar-refractivity contribution in [2.45, 2.75) is 19.3 Å². The highest BCUT2D eigenvalue weighted by Crippen LogP contribution is 2.26. The van der Waals surface area contributed by atoms with E-state index in [9.17, 15) is 0 Å². The molecule has 17 heavy (non-hydrogen) atoms. The topological polar surface area (TPSA) is 63.7 Å². The molecular formula is C11H13BrN4O. The van der Waals surface area contributed by atoms with Gasteiger partial charge in [-0.3, -0.25) is 0 Å². The number of aromatic nitrogens is 4. The highest BCUT2D eigenvalue weighted by molar-refractivity contribution is 9.10. The van der Waals surface area contributed by atoms with Crippen molar-refractivity contribution in [2.24, 2.45) is 0 Å². The Hall–Kier alpha value is -1.43. The first-order chi connectivity index (χ1) is 8.29. The van der Waals surface area contributed by atoms with Crippen LogP contribution in [0.5, 0.6) is 5.75 Å². The van der Waals surface area contributed by atoms with Gasteiger partial charge in [-0.05, 0) is 46.5 Å². The van der Waals surface area contributed by atoms with Crippen molar-refractivity contribution in [3.8, 4) is 5.75 Å². The molecule has 6 heteroatoms. The van der Waals surface area contributed by atoms with E-state index in [4.69, 9.17) is 4.74 Å². The zero-order valence-electron chi connectivity index (χ0n) is 9.48. The quantitative estimate of drug-likeness (QED) is 0.918. The molecule has 0 unspecified atom stereocenters. The van der Waals surface area contributed by atoms with Gasteiger partial charge in [0.25, 0.3) is 0 Å². The normalized spacial score (nSPS) is 10.5. The van der Waals surface area contributed by atoms with E-state index < -0.39 is 0 Å². The van der Waals surface area contributed by atoms with Crippen LogP contribution in [0.4, 0.5) is 0 Å². The summed E-state index contributed by atoms with van der Waals surface area (Å²) in [6, 6.07) is 6.11. The van der Waals surface area contributed by atoms with Crippen LogP contribution >= 0.6 is 15.9 Å². The van der Waals surface area contributed by atoms with E-state index in [2.05, 4.69) is 48.7 Å². The fourth-order valence-electron chi connectivity index (χ4n) is 1.60. The Balaban J connectivity index is 1.89. The lowest BCUT2D eigenvalue weighted by atomic mass is 10.1. The average molecular weight is 297 g/mol. The number of nitrogens with zero attached hydrogens (tertiary/aromatic N) is 3. The lowest BCUT2D eigenvalue weighted by molar-refractivity contribution is 0.412. The first kappa shape index (κ1) is 12.0. The summed E-state index contributed by atoms with van der Waals surface area (Å²) >= 11 is 3.47. The Morgan fingerprint density at radius 2 is 2.24 bits per heavy atom. The fourth-order valence-corrected chi connectivity index (χ4v) is 2.19. The van der Waals surface area contributed by atoms with Crippen LogP contribution < -0.4 is 4.74 Å². The molecule has 1 N–H and O–H groups in total. The van der Waals surface area contributed by atoms with Gasteiger partial charge in [0.15, 0.2) is 5.82 Å². The molecule has 90 valence electrons. The van der Waals surface area contributed by atoms with Crippen LogP contribution in [0.1, 0.15) is 17.8 Å². The molecule has 0 saturated carbocycles. The number of ether oxygens (including phenoxy) is 1. The smallest absolute Gasteiger partial charge is 0.174 e. The van der Waals surface area contributed by atoms with Gasteiger partial charge in [0.1, 0.15) is 5.75 Å². The van der Waals surface area contributed by atoms with Crippen LogP contribution in [-0.4, -0.2) is 27.7 Å². The van der Waals surface area contributed by atoms with Crippen molar-refractivity contribution in [3.05, 3.63) is 34.1 Å². The van der Waals surface area contributed by atoms with E-state index in [1.54, 1.807) is 7.11 Å². The Kier molecular flexibility index (Phi) is 4.08. The zero-order valence-corrected chi connectivity index (χ0v) is 11.1. The number of aromatic amines is 1. The minimum Gasteiger partial charge on any atom is -0.496 e. The van der Waals surface area contributed by atoms with E-state index >= 15 is 0 Å². The van der Waals surface area contributed by atoms with Gasteiger partial charge in [-0.25, -0.2) is 0 Å². The molecule has 0 bridgehead atoms. The number of hydrogen-bond donors (Lipinski definition) is 1. The van der Waals surface area contributed by atoms with Gasteiger partial charge in [0.2, 0.25) is 0 Å². The number of halogens is 1. The SMILES string of the molecule is COc1ccc(CCCc2nn[nH]n2)cc1Br. The molecule has 0 saturated heterocycles. The molecular weight excluding hydrogens is 284 g/mol. The van der Waals surface area contributed by atoms with Crippen molar-refractivity contribution in [3.63, 3.8) is 0 Å². The van der Waals surface area contributed by atoms with Crippen LogP contribution in [0, 0.1) is 0 Å². The third-order valence-corrected chi connectivity index (χ3v) is 3.09. The third-order valence-electron chi connectivity index (χ3n) is 2.47. The Morgan fingerprint density at radius 3 is 2.88 bits per heavy atom. The largest absolute Gasteiger partial charge is 0.496 e. The predicted molar refractivity (Wildman–Crippen MR) is 66.9 cm³/mol. The van der Waals surface area contributed by atoms with Gasteiger partial charge >= 0.3 is 0 Å². The van der Waals surface area contributed by atoms with Crippen molar-refractivity contribution < 1.29 is 4.74 Å². The lowest BCUT2D eigenvalue weighted by Crippen LogP contribution is -1.93. The summed E-state index contributed by atoms with van der Waals surface area (Å²) in [5.74, 6) is 1.62. The second-order valence-electron chi connectivity index (χ2n) is 3.65. The van der Waals surface area contributed by atoms with Crippen LogP contribution in [-0.2, 0) is 12.8 Å². The summed E-state index contributed by atoms with van der Waals surface area (Å²) in [7, 11) is 1.66. The molecule has 2 aromatic rings. The van der Waals surface area contributed by atoms with Gasteiger partial charge in [-0.15, -0.1) is 10.2 Å². The first-order valence-corrected chi connectivity index (χ1v) is 6.13. The fraction of sp³-hybridized carbons (Fsp3) is 0.364. The number of methoxy groups -OCH3 is 1. The van der Waals surface area contributed by atoms with Crippen molar-refractivity contribution >= 4 is 15.9 Å². The summed E-state index contributed by atoms with van der Waals surface area (Å²) in [6.07, 6.45) is 2.82. The highest BCUT2D eigenvalue weighted by Gasteiger charge is 2.03. The van der Waals surface area contributed by atoms with Crippen molar-refractivity contribution in [1.29, 1.82) is 0 Å². The van der Waals surface area contributed by atoms with E-state index in [0.717, 1.165) is 35.3 Å². The molecule has 1 aromatic heterocycles. The Bertz CT molecular complexity index is 472. The van der Waals surface area contributed by atoms with Gasteiger partial charge in [0.05, 0.1) is 11.6 Å². The molecule has 0 atom stereocenters. The van der Waals surface area contributed by atoms with E-state index in [-0.39, 0.29) is 0 Å². The summed E-state index contributed by atoms with van der Waals surface area (Å²) in [5.41, 5.74) is 1.26. The van der Waals surface area contributed by atoms with Crippen molar-refractivity contribution in [1.82, 2.24) is 20.6 Å². The first-order valence-electron chi connectivity index (χ1n) is 5.34. The maximum Gasteiger partial charge on any atom is 0.174 e. The summed E-state index contributed by atoms with van der Waals surface area (Å²) in [4.78, 5) is 0. The predicted octanol–water partition coefficient (Wildman–Crippen LogP) is 2.15. The minimum atomic E-state index is 0.762. The van der Waals surface area contributed by atoms with E-state index in [1.807, 2.05) is 6.07 Å². The number of rotatable bonds is 5. The minimum absolute atomic E-state index is 0.762. The lowest BCUT2D eigenvalue weighted by Gasteiger charge is -2.05. The molecule has 0 spiro atoms. The number of hydrogen-bond acceptors (Lipinski definition) is 4. The third kappa shape index (κ3) is 3.26. The molecule has 2 rings (SSSR count). The number of tetrazole rings is 1. The van der Waals surface area contributed by atoms with Crippen LogP contribution in [0.15, 0.2) is 22.7 Å². The monoisotopic (exact) mass is 296 g/mol. The summed E-state index contributed by atoms with van der Waals surface area (Å²) in [6.45, 7) is 0. The molecule has 0 radical (unpaired) electrons. The molecule has 0 aliphatic carbocycles. The zero-order chi connectivity index (χ0) is 12.1. The maximum absolute atomic E-state index is 5.18. The number of aryl methyl sites for hydroxylation is 2. The standard InChI is InChI=1S/C11H13BrN4O/c1-17-10-6-5-8(7-9(10)12)3-2-4-11-13-15-16-14-11/h5-7H,2-4H2,1H3,(H,13,14,15,16). The van der Waals surface area contributed by atoms with Gasteiger partial charge < -0.3 is 4.74 Å². The molecule has 0 aliphatic rings. The van der Waals surface area contributed by atoms with Crippen molar-refractivity contribution in [2.75, 3.05) is 7.11 Å². The summed E-state index contributed by atoms with van der Waals surface area (Å²) in [5, 5.41) is 13.8. The van der Waals surface area contributed by atoms with Crippen LogP contribution in [0.3, 0.4) is 0 Å². The van der Waals surface area contributed by atoms with Gasteiger partial charge in [-0.1, -0.05) is 11.3 Å². The summed E-state index contributed by atoms with van der Waals surface area (Å²) < 4.78 is 6.17. The van der Waals surface area contributed by atoms with E-state index in [0.29, 0.717) is 0 Å². The van der Waals surface area contributed by atoms with Crippen LogP contribution in [0.25, 0.3) is 0 Å². The molecule has 0 amide bonds. The Labute approximate surface area is 108 Å². The molecule has 1 heterocycles. The van der Waals surface area contributed by atoms with Gasteiger partial charge in [0, 0.05) is 6.42 Å². The number of benzene rings is 1. The number of nitrogens with one attached hydrogen (secondary N) is 1.